The van der Waals surface area contributed by atoms with Crippen molar-refractivity contribution in [3.05, 3.63) is 35.6 Å². The second kappa shape index (κ2) is 4.47. The number of Topliss-reactive ketones (excluding diaryl/α,β-unsaturated/α-hetero) is 1. The smallest absolute Gasteiger partial charge is 0.278 e. The Hall–Kier alpha value is -1.76. The van der Waals surface area contributed by atoms with Crippen LogP contribution in [-0.2, 0) is 4.79 Å². The summed E-state index contributed by atoms with van der Waals surface area (Å²) in [7, 11) is 0. The Labute approximate surface area is 78.5 Å². The highest BCUT2D eigenvalue weighted by Crippen LogP contribution is 2.01. The standard InChI is InChI=1S/C10H5F3O/c11-8-4-1-7(2-5-8)3-6-9(14)10(12)13/h1-2,4-5,10H. The van der Waals surface area contributed by atoms with E-state index >= 15 is 0 Å². The molecule has 14 heavy (non-hydrogen) atoms. The summed E-state index contributed by atoms with van der Waals surface area (Å²) in [6.07, 6.45) is -3.08. The summed E-state index contributed by atoms with van der Waals surface area (Å²) in [5.41, 5.74) is 0.320. The molecular formula is C10H5F3O. The Morgan fingerprint density at radius 3 is 2.29 bits per heavy atom. The lowest BCUT2D eigenvalue weighted by atomic mass is 10.2. The number of rotatable bonds is 1. The van der Waals surface area contributed by atoms with Crippen molar-refractivity contribution in [2.24, 2.45) is 0 Å². The number of benzene rings is 1. The Kier molecular flexibility index (Phi) is 3.29. The molecule has 0 N–H and O–H groups in total. The van der Waals surface area contributed by atoms with E-state index in [0.717, 1.165) is 12.1 Å². The van der Waals surface area contributed by atoms with Gasteiger partial charge >= 0.3 is 6.43 Å². The molecule has 1 aromatic carbocycles. The minimum Gasteiger partial charge on any atom is -0.278 e. The van der Waals surface area contributed by atoms with Gasteiger partial charge < -0.3 is 0 Å². The van der Waals surface area contributed by atoms with Gasteiger partial charge in [-0.15, -0.1) is 0 Å². The summed E-state index contributed by atoms with van der Waals surface area (Å²) < 4.78 is 35.7. The van der Waals surface area contributed by atoms with Crippen molar-refractivity contribution in [2.45, 2.75) is 6.43 Å². The van der Waals surface area contributed by atoms with Crippen LogP contribution in [0.5, 0.6) is 0 Å². The van der Waals surface area contributed by atoms with Crippen molar-refractivity contribution in [1.82, 2.24) is 0 Å². The first kappa shape index (κ1) is 10.3. The summed E-state index contributed by atoms with van der Waals surface area (Å²) in [5.74, 6) is 2.08. The SMILES string of the molecule is O=C(C#Cc1ccc(F)cc1)C(F)F. The van der Waals surface area contributed by atoms with E-state index in [-0.39, 0.29) is 0 Å². The van der Waals surface area contributed by atoms with Crippen LogP contribution >= 0.6 is 0 Å². The van der Waals surface area contributed by atoms with Crippen LogP contribution in [0.2, 0.25) is 0 Å². The fourth-order valence-corrected chi connectivity index (χ4v) is 0.722. The van der Waals surface area contributed by atoms with Crippen molar-refractivity contribution in [2.75, 3.05) is 0 Å². The van der Waals surface area contributed by atoms with Gasteiger partial charge in [-0.25, -0.2) is 13.2 Å². The van der Waals surface area contributed by atoms with E-state index in [9.17, 15) is 18.0 Å². The molecular weight excluding hydrogens is 193 g/mol. The van der Waals surface area contributed by atoms with Crippen molar-refractivity contribution in [3.8, 4) is 11.8 Å². The predicted octanol–water partition coefficient (Wildman–Crippen LogP) is 2.01. The first-order chi connectivity index (χ1) is 6.59. The second-order valence-corrected chi connectivity index (χ2v) is 2.42. The van der Waals surface area contributed by atoms with Gasteiger partial charge in [0.05, 0.1) is 0 Å². The van der Waals surface area contributed by atoms with Gasteiger partial charge in [0.2, 0.25) is 0 Å². The summed E-state index contributed by atoms with van der Waals surface area (Å²) in [6, 6.07) is 4.88. The van der Waals surface area contributed by atoms with Crippen molar-refractivity contribution < 1.29 is 18.0 Å². The van der Waals surface area contributed by atoms with E-state index in [2.05, 4.69) is 5.92 Å². The molecule has 0 bridgehead atoms. The molecule has 0 saturated carbocycles. The van der Waals surface area contributed by atoms with Crippen LogP contribution in [0.15, 0.2) is 24.3 Å². The molecule has 0 saturated heterocycles. The minimum atomic E-state index is -3.08. The Morgan fingerprint density at radius 2 is 1.79 bits per heavy atom. The van der Waals surface area contributed by atoms with Gasteiger partial charge in [-0.3, -0.25) is 4.79 Å². The fraction of sp³-hybridized carbons (Fsp3) is 0.100. The van der Waals surface area contributed by atoms with Crippen molar-refractivity contribution in [3.63, 3.8) is 0 Å². The Bertz CT molecular complexity index is 384. The van der Waals surface area contributed by atoms with Crippen LogP contribution in [0.3, 0.4) is 0 Å². The molecule has 0 radical (unpaired) electrons. The average molecular weight is 198 g/mol. The van der Waals surface area contributed by atoms with E-state index in [1.807, 2.05) is 0 Å². The quantitative estimate of drug-likeness (QED) is 0.631. The topological polar surface area (TPSA) is 17.1 Å². The highest BCUT2D eigenvalue weighted by molar-refractivity contribution is 5.98. The predicted molar refractivity (Wildman–Crippen MR) is 44.3 cm³/mol. The third-order valence-corrected chi connectivity index (χ3v) is 1.37. The number of halogens is 3. The third kappa shape index (κ3) is 2.94. The zero-order chi connectivity index (χ0) is 10.6. The van der Waals surface area contributed by atoms with Gasteiger partial charge in [0, 0.05) is 5.56 Å². The van der Waals surface area contributed by atoms with Gasteiger partial charge in [-0.1, -0.05) is 5.92 Å². The van der Waals surface area contributed by atoms with Crippen LogP contribution in [0, 0.1) is 17.7 Å². The molecule has 0 heterocycles. The normalized spacial score (nSPS) is 9.43. The van der Waals surface area contributed by atoms with E-state index < -0.39 is 18.0 Å². The summed E-state index contributed by atoms with van der Waals surface area (Å²) >= 11 is 0. The maximum absolute atomic E-state index is 12.4. The molecule has 1 nitrogen and oxygen atoms in total. The molecule has 0 aliphatic carbocycles. The zero-order valence-corrected chi connectivity index (χ0v) is 6.93. The molecule has 72 valence electrons. The first-order valence-electron chi connectivity index (χ1n) is 3.69. The largest absolute Gasteiger partial charge is 0.308 e. The molecule has 0 aliphatic heterocycles. The molecule has 0 unspecified atom stereocenters. The lowest BCUT2D eigenvalue weighted by Gasteiger charge is -1.89. The van der Waals surface area contributed by atoms with E-state index in [1.54, 1.807) is 5.92 Å². The minimum absolute atomic E-state index is 0.320. The number of alkyl halides is 2. The van der Waals surface area contributed by atoms with Crippen LogP contribution < -0.4 is 0 Å². The number of carbonyl (C=O) groups excluding carboxylic acids is 1. The summed E-state index contributed by atoms with van der Waals surface area (Å²) in [6.45, 7) is 0. The molecule has 0 fully saturated rings. The maximum Gasteiger partial charge on any atom is 0.308 e. The van der Waals surface area contributed by atoms with E-state index in [0.29, 0.717) is 5.56 Å². The highest BCUT2D eigenvalue weighted by Gasteiger charge is 2.10. The van der Waals surface area contributed by atoms with Crippen LogP contribution in [-0.4, -0.2) is 12.2 Å². The molecule has 0 aromatic heterocycles. The van der Waals surface area contributed by atoms with E-state index in [1.165, 1.54) is 12.1 Å². The van der Waals surface area contributed by atoms with Crippen molar-refractivity contribution in [1.29, 1.82) is 0 Å². The fourth-order valence-electron chi connectivity index (χ4n) is 0.722. The first-order valence-corrected chi connectivity index (χ1v) is 3.69. The average Bonchev–Trinajstić information content (AvgIpc) is 2.16. The molecule has 1 aromatic rings. The Morgan fingerprint density at radius 1 is 1.21 bits per heavy atom. The van der Waals surface area contributed by atoms with Gasteiger partial charge in [0.1, 0.15) is 5.82 Å². The van der Waals surface area contributed by atoms with Crippen LogP contribution in [0.4, 0.5) is 13.2 Å². The summed E-state index contributed by atoms with van der Waals surface area (Å²) in [4.78, 5) is 10.4. The number of carbonyl (C=O) groups is 1. The van der Waals surface area contributed by atoms with Gasteiger partial charge in [0.15, 0.2) is 0 Å². The molecule has 0 amide bonds. The number of hydrogen-bond donors (Lipinski definition) is 0. The number of ketones is 1. The van der Waals surface area contributed by atoms with E-state index in [4.69, 9.17) is 0 Å². The van der Waals surface area contributed by atoms with Gasteiger partial charge in [0.25, 0.3) is 5.78 Å². The molecule has 0 aliphatic rings. The zero-order valence-electron chi connectivity index (χ0n) is 6.93. The van der Waals surface area contributed by atoms with Crippen molar-refractivity contribution >= 4 is 5.78 Å². The van der Waals surface area contributed by atoms with Gasteiger partial charge in [-0.2, -0.15) is 0 Å². The molecule has 0 atom stereocenters. The summed E-state index contributed by atoms with van der Waals surface area (Å²) in [5, 5.41) is 0. The van der Waals surface area contributed by atoms with Crippen LogP contribution in [0.1, 0.15) is 5.56 Å². The lowest BCUT2D eigenvalue weighted by molar-refractivity contribution is -0.123. The Balaban J connectivity index is 2.78. The highest BCUT2D eigenvalue weighted by atomic mass is 19.3. The maximum atomic E-state index is 12.4. The van der Waals surface area contributed by atoms with Crippen LogP contribution in [0.25, 0.3) is 0 Å². The third-order valence-electron chi connectivity index (χ3n) is 1.37. The molecule has 4 heteroatoms. The van der Waals surface area contributed by atoms with Gasteiger partial charge in [-0.05, 0) is 30.2 Å². The molecule has 0 spiro atoms. The monoisotopic (exact) mass is 198 g/mol. The lowest BCUT2D eigenvalue weighted by Crippen LogP contribution is -2.05. The second-order valence-electron chi connectivity index (χ2n) is 2.42. The molecule has 1 rings (SSSR count). The number of hydrogen-bond acceptors (Lipinski definition) is 1.